The first kappa shape index (κ1) is 22.4. The van der Waals surface area contributed by atoms with Gasteiger partial charge in [0.2, 0.25) is 5.91 Å². The molecule has 8 nitrogen and oxygen atoms in total. The van der Waals surface area contributed by atoms with Crippen molar-refractivity contribution >= 4 is 40.6 Å². The van der Waals surface area contributed by atoms with Crippen LogP contribution in [0.5, 0.6) is 0 Å². The van der Waals surface area contributed by atoms with Gasteiger partial charge in [-0.2, -0.15) is 4.37 Å². The van der Waals surface area contributed by atoms with Gasteiger partial charge in [0.1, 0.15) is 10.9 Å². The molecule has 0 saturated carbocycles. The number of para-hydroxylation sites is 1. The number of rotatable bonds is 6. The number of amides is 3. The first-order valence-corrected chi connectivity index (χ1v) is 10.0. The van der Waals surface area contributed by atoms with Crippen molar-refractivity contribution < 1.29 is 14.4 Å². The quantitative estimate of drug-likeness (QED) is 0.664. The van der Waals surface area contributed by atoms with Gasteiger partial charge in [-0.3, -0.25) is 19.3 Å². The van der Waals surface area contributed by atoms with E-state index in [1.807, 2.05) is 39.8 Å². The summed E-state index contributed by atoms with van der Waals surface area (Å²) in [4.78, 5) is 39.3. The van der Waals surface area contributed by atoms with Crippen LogP contribution in [-0.4, -0.2) is 33.7 Å². The van der Waals surface area contributed by atoms with Gasteiger partial charge in [-0.25, -0.2) is 0 Å². The molecule has 0 radical (unpaired) electrons. The minimum atomic E-state index is -0.826. The maximum Gasteiger partial charge on any atom is 0.272 e. The number of hydrogen-bond donors (Lipinski definition) is 3. The van der Waals surface area contributed by atoms with Crippen LogP contribution in [0, 0.1) is 0 Å². The molecule has 1 aromatic carbocycles. The first-order valence-electron chi connectivity index (χ1n) is 9.26. The predicted molar refractivity (Wildman–Crippen MR) is 115 cm³/mol. The molecule has 9 heteroatoms. The Balaban J connectivity index is 2.57. The fourth-order valence-electron chi connectivity index (χ4n) is 2.87. The molecule has 0 bridgehead atoms. The number of aromatic nitrogens is 1. The number of benzene rings is 1. The Morgan fingerprint density at radius 3 is 2.38 bits per heavy atom. The van der Waals surface area contributed by atoms with Crippen LogP contribution in [0.25, 0.3) is 0 Å². The number of nitrogens with zero attached hydrogens (tertiary/aromatic N) is 2. The summed E-state index contributed by atoms with van der Waals surface area (Å²) in [5.74, 6) is -1.63. The summed E-state index contributed by atoms with van der Waals surface area (Å²) in [5.41, 5.74) is 12.1. The minimum absolute atomic E-state index is 0.0696. The standard InChI is InChI=1S/C20H27N5O3S/c1-6-12-9-7-8-10-13(12)25(11(2)18(27)23-20(3,4)5)19(28)16-14(21)15(17(22)26)24-29-16/h7-11H,6,21H2,1-5H3,(H2,22,26)(H,23,27). The van der Waals surface area contributed by atoms with Crippen molar-refractivity contribution in [1.29, 1.82) is 0 Å². The highest BCUT2D eigenvalue weighted by Gasteiger charge is 2.34. The second kappa shape index (κ2) is 8.60. The third-order valence-corrected chi connectivity index (χ3v) is 5.12. The third-order valence-electron chi connectivity index (χ3n) is 4.27. The lowest BCUT2D eigenvalue weighted by atomic mass is 10.1. The monoisotopic (exact) mass is 417 g/mol. The largest absolute Gasteiger partial charge is 0.395 e. The average molecular weight is 418 g/mol. The summed E-state index contributed by atoms with van der Waals surface area (Å²) in [6.07, 6.45) is 0.665. The Hall–Kier alpha value is -2.94. The molecule has 0 fully saturated rings. The second-order valence-electron chi connectivity index (χ2n) is 7.71. The van der Waals surface area contributed by atoms with Gasteiger partial charge in [-0.15, -0.1) is 0 Å². The lowest BCUT2D eigenvalue weighted by molar-refractivity contribution is -0.123. The van der Waals surface area contributed by atoms with Crippen LogP contribution < -0.4 is 21.7 Å². The Morgan fingerprint density at radius 2 is 1.86 bits per heavy atom. The summed E-state index contributed by atoms with van der Waals surface area (Å²) in [6.45, 7) is 9.21. The molecule has 0 aliphatic heterocycles. The lowest BCUT2D eigenvalue weighted by Crippen LogP contribution is -2.53. The molecule has 1 unspecified atom stereocenters. The van der Waals surface area contributed by atoms with Gasteiger partial charge in [0.15, 0.2) is 5.69 Å². The molecule has 1 atom stereocenters. The number of primary amides is 1. The molecule has 156 valence electrons. The van der Waals surface area contributed by atoms with Gasteiger partial charge in [0.05, 0.1) is 5.69 Å². The maximum atomic E-state index is 13.5. The van der Waals surface area contributed by atoms with Crippen molar-refractivity contribution in [1.82, 2.24) is 9.69 Å². The molecule has 5 N–H and O–H groups in total. The van der Waals surface area contributed by atoms with Crippen LogP contribution in [0.1, 0.15) is 60.3 Å². The summed E-state index contributed by atoms with van der Waals surface area (Å²) < 4.78 is 3.91. The van der Waals surface area contributed by atoms with Gasteiger partial charge < -0.3 is 16.8 Å². The van der Waals surface area contributed by atoms with E-state index in [-0.39, 0.29) is 22.2 Å². The van der Waals surface area contributed by atoms with Crippen LogP contribution in [0.4, 0.5) is 11.4 Å². The van der Waals surface area contributed by atoms with Gasteiger partial charge in [-0.1, -0.05) is 25.1 Å². The Bertz CT molecular complexity index is 932. The molecular weight excluding hydrogens is 390 g/mol. The Morgan fingerprint density at radius 1 is 1.24 bits per heavy atom. The summed E-state index contributed by atoms with van der Waals surface area (Å²) in [6, 6.07) is 6.53. The van der Waals surface area contributed by atoms with Crippen molar-refractivity contribution in [2.75, 3.05) is 10.6 Å². The van der Waals surface area contributed by atoms with Crippen molar-refractivity contribution in [2.24, 2.45) is 5.73 Å². The van der Waals surface area contributed by atoms with E-state index in [1.54, 1.807) is 19.1 Å². The van der Waals surface area contributed by atoms with Crippen LogP contribution in [0.15, 0.2) is 24.3 Å². The number of anilines is 2. The number of hydrogen-bond acceptors (Lipinski definition) is 6. The summed E-state index contributed by atoms with van der Waals surface area (Å²) in [5, 5.41) is 2.90. The highest BCUT2D eigenvalue weighted by Crippen LogP contribution is 2.30. The van der Waals surface area contributed by atoms with Gasteiger partial charge in [-0.05, 0) is 57.3 Å². The summed E-state index contributed by atoms with van der Waals surface area (Å²) >= 11 is 0.793. The molecule has 0 aliphatic rings. The van der Waals surface area contributed by atoms with Crippen molar-refractivity contribution in [3.63, 3.8) is 0 Å². The van der Waals surface area contributed by atoms with Crippen LogP contribution in [0.2, 0.25) is 0 Å². The van der Waals surface area contributed by atoms with E-state index in [1.165, 1.54) is 4.90 Å². The highest BCUT2D eigenvalue weighted by molar-refractivity contribution is 7.09. The molecule has 0 saturated heterocycles. The number of nitrogens with one attached hydrogen (secondary N) is 1. The highest BCUT2D eigenvalue weighted by atomic mass is 32.1. The van der Waals surface area contributed by atoms with E-state index in [0.29, 0.717) is 12.1 Å². The normalized spacial score (nSPS) is 12.3. The Kier molecular flexibility index (Phi) is 6.63. The molecule has 0 aliphatic carbocycles. The maximum absolute atomic E-state index is 13.5. The number of nitrogens with two attached hydrogens (primary N) is 2. The molecule has 2 aromatic rings. The minimum Gasteiger partial charge on any atom is -0.395 e. The van der Waals surface area contributed by atoms with Crippen molar-refractivity contribution in [3.05, 3.63) is 40.4 Å². The zero-order chi connectivity index (χ0) is 21.9. The zero-order valence-corrected chi connectivity index (χ0v) is 18.1. The molecule has 29 heavy (non-hydrogen) atoms. The van der Waals surface area contributed by atoms with E-state index >= 15 is 0 Å². The van der Waals surface area contributed by atoms with E-state index in [0.717, 1.165) is 17.1 Å². The van der Waals surface area contributed by atoms with E-state index < -0.39 is 23.4 Å². The van der Waals surface area contributed by atoms with Crippen molar-refractivity contribution in [2.45, 2.75) is 52.6 Å². The van der Waals surface area contributed by atoms with E-state index in [9.17, 15) is 14.4 Å². The van der Waals surface area contributed by atoms with Gasteiger partial charge in [0.25, 0.3) is 11.8 Å². The van der Waals surface area contributed by atoms with Gasteiger partial charge in [0, 0.05) is 11.2 Å². The van der Waals surface area contributed by atoms with E-state index in [2.05, 4.69) is 9.69 Å². The Labute approximate surface area is 174 Å². The number of aryl methyl sites for hydroxylation is 1. The second-order valence-corrected chi connectivity index (χ2v) is 8.48. The number of carbonyl (C=O) groups excluding carboxylic acids is 3. The molecule has 2 rings (SSSR count). The zero-order valence-electron chi connectivity index (χ0n) is 17.3. The van der Waals surface area contributed by atoms with Crippen LogP contribution in [0.3, 0.4) is 0 Å². The summed E-state index contributed by atoms with van der Waals surface area (Å²) in [7, 11) is 0. The fourth-order valence-corrected chi connectivity index (χ4v) is 3.61. The number of nitrogen functional groups attached to an aromatic ring is 1. The molecule has 3 amide bonds. The fraction of sp³-hybridized carbons (Fsp3) is 0.400. The SMILES string of the molecule is CCc1ccccc1N(C(=O)c1snc(C(N)=O)c1N)C(C)C(=O)NC(C)(C)C. The third kappa shape index (κ3) is 4.92. The molecule has 1 aromatic heterocycles. The lowest BCUT2D eigenvalue weighted by Gasteiger charge is -2.32. The smallest absolute Gasteiger partial charge is 0.272 e. The van der Waals surface area contributed by atoms with Crippen LogP contribution >= 0.6 is 11.5 Å². The molecule has 0 spiro atoms. The topological polar surface area (TPSA) is 131 Å². The molecule has 1 heterocycles. The van der Waals surface area contributed by atoms with Crippen LogP contribution in [-0.2, 0) is 11.2 Å². The van der Waals surface area contributed by atoms with E-state index in [4.69, 9.17) is 11.5 Å². The number of carbonyl (C=O) groups is 3. The molecular formula is C20H27N5O3S. The first-order chi connectivity index (χ1) is 13.5. The van der Waals surface area contributed by atoms with Gasteiger partial charge >= 0.3 is 0 Å². The predicted octanol–water partition coefficient (Wildman–Crippen LogP) is 2.34. The average Bonchev–Trinajstić information content (AvgIpc) is 3.02. The van der Waals surface area contributed by atoms with Crippen molar-refractivity contribution in [3.8, 4) is 0 Å².